The Bertz CT molecular complexity index is 981. The lowest BCUT2D eigenvalue weighted by Crippen LogP contribution is -2.70. The van der Waals surface area contributed by atoms with Crippen molar-refractivity contribution in [3.8, 4) is 5.75 Å². The molecule has 8 heteroatoms. The van der Waals surface area contributed by atoms with Crippen molar-refractivity contribution in [1.29, 1.82) is 0 Å². The van der Waals surface area contributed by atoms with E-state index in [0.29, 0.717) is 31.0 Å². The highest BCUT2D eigenvalue weighted by atomic mass is 16.5. The number of para-hydroxylation sites is 2. The van der Waals surface area contributed by atoms with E-state index < -0.39 is 12.1 Å². The molecule has 2 heterocycles. The highest BCUT2D eigenvalue weighted by molar-refractivity contribution is 6.03. The van der Waals surface area contributed by atoms with Crippen LogP contribution in [0, 0.1) is 0 Å². The molecule has 0 aromatic heterocycles. The third-order valence-corrected chi connectivity index (χ3v) is 5.79. The summed E-state index contributed by atoms with van der Waals surface area (Å²) in [5, 5.41) is 6.10. The van der Waals surface area contributed by atoms with Crippen LogP contribution in [0.2, 0.25) is 0 Å². The quantitative estimate of drug-likeness (QED) is 0.696. The van der Waals surface area contributed by atoms with Crippen molar-refractivity contribution in [1.82, 2.24) is 15.1 Å². The van der Waals surface area contributed by atoms with Crippen LogP contribution in [-0.2, 0) is 16.1 Å². The fraction of sp³-hybridized carbons (Fsp3) is 0.375. The van der Waals surface area contributed by atoms with Crippen LogP contribution < -0.4 is 15.4 Å². The first-order valence-electron chi connectivity index (χ1n) is 11.0. The second-order valence-electron chi connectivity index (χ2n) is 7.94. The predicted molar refractivity (Wildman–Crippen MR) is 120 cm³/mol. The molecule has 2 aromatic carbocycles. The lowest BCUT2D eigenvalue weighted by atomic mass is 9.93. The standard InChI is InChI=1S/C24H28N4O4/c1-2-32-20-13-7-6-11-18(20)26-21(29)16-27-19-12-8-14-25-22(19)23(30)28(24(27)31)15-17-9-4-3-5-10-17/h3-7,9-11,13,19,22,25H,2,8,12,14-16H2,1H3,(H,26,29). The SMILES string of the molecule is CCOc1ccccc1NC(=O)CN1C(=O)N(Cc2ccccc2)C(=O)C2NCCCC21. The summed E-state index contributed by atoms with van der Waals surface area (Å²) in [5.74, 6) is 0.0113. The van der Waals surface area contributed by atoms with Crippen LogP contribution in [0.5, 0.6) is 5.75 Å². The molecule has 2 N–H and O–H groups in total. The highest BCUT2D eigenvalue weighted by Crippen LogP contribution is 2.27. The monoisotopic (exact) mass is 436 g/mol. The number of imide groups is 1. The van der Waals surface area contributed by atoms with E-state index in [4.69, 9.17) is 4.74 Å². The number of nitrogens with zero attached hydrogens (tertiary/aromatic N) is 2. The van der Waals surface area contributed by atoms with Gasteiger partial charge in [-0.3, -0.25) is 14.5 Å². The molecule has 0 radical (unpaired) electrons. The van der Waals surface area contributed by atoms with Gasteiger partial charge in [-0.2, -0.15) is 0 Å². The molecule has 2 aliphatic rings. The van der Waals surface area contributed by atoms with Crippen molar-refractivity contribution in [2.45, 2.75) is 38.4 Å². The van der Waals surface area contributed by atoms with Crippen LogP contribution in [0.1, 0.15) is 25.3 Å². The number of carbonyl (C=O) groups excluding carboxylic acids is 3. The second-order valence-corrected chi connectivity index (χ2v) is 7.94. The maximum absolute atomic E-state index is 13.4. The lowest BCUT2D eigenvalue weighted by molar-refractivity contribution is -0.138. The molecule has 2 fully saturated rings. The fourth-order valence-electron chi connectivity index (χ4n) is 4.31. The Morgan fingerprint density at radius 2 is 1.88 bits per heavy atom. The number of rotatable bonds is 7. The number of benzene rings is 2. The molecule has 0 bridgehead atoms. The van der Waals surface area contributed by atoms with Gasteiger partial charge in [-0.05, 0) is 44.0 Å². The Kier molecular flexibility index (Phi) is 6.70. The number of anilines is 1. The Labute approximate surface area is 187 Å². The first kappa shape index (κ1) is 21.8. The molecule has 0 saturated carbocycles. The van der Waals surface area contributed by atoms with Gasteiger partial charge in [0.05, 0.1) is 24.9 Å². The molecule has 2 atom stereocenters. The van der Waals surface area contributed by atoms with Crippen LogP contribution in [-0.4, -0.2) is 59.4 Å². The zero-order chi connectivity index (χ0) is 22.5. The highest BCUT2D eigenvalue weighted by Gasteiger charge is 2.47. The van der Waals surface area contributed by atoms with E-state index in [1.54, 1.807) is 12.1 Å². The number of urea groups is 1. The van der Waals surface area contributed by atoms with Gasteiger partial charge < -0.3 is 20.3 Å². The van der Waals surface area contributed by atoms with Gasteiger partial charge in [0.1, 0.15) is 18.3 Å². The largest absolute Gasteiger partial charge is 0.492 e. The summed E-state index contributed by atoms with van der Waals surface area (Å²) in [5.41, 5.74) is 1.41. The summed E-state index contributed by atoms with van der Waals surface area (Å²) in [7, 11) is 0. The van der Waals surface area contributed by atoms with Gasteiger partial charge in [0, 0.05) is 0 Å². The van der Waals surface area contributed by atoms with Crippen molar-refractivity contribution >= 4 is 23.5 Å². The number of fused-ring (bicyclic) bond motifs is 1. The maximum Gasteiger partial charge on any atom is 0.327 e. The summed E-state index contributed by atoms with van der Waals surface area (Å²) in [6.07, 6.45) is 1.52. The van der Waals surface area contributed by atoms with Crippen molar-refractivity contribution in [2.75, 3.05) is 25.0 Å². The second kappa shape index (κ2) is 9.82. The summed E-state index contributed by atoms with van der Waals surface area (Å²) in [6, 6.07) is 15.3. The first-order chi connectivity index (χ1) is 15.6. The zero-order valence-corrected chi connectivity index (χ0v) is 18.1. The topological polar surface area (TPSA) is 91.0 Å². The minimum Gasteiger partial charge on any atom is -0.492 e. The van der Waals surface area contributed by atoms with Crippen LogP contribution in [0.4, 0.5) is 10.5 Å². The molecular formula is C24H28N4O4. The molecule has 4 rings (SSSR count). The molecule has 2 aromatic rings. The Hall–Kier alpha value is -3.39. The number of piperidine rings is 1. The molecular weight excluding hydrogens is 408 g/mol. The normalized spacial score (nSPS) is 20.7. The molecule has 32 heavy (non-hydrogen) atoms. The average molecular weight is 437 g/mol. The first-order valence-corrected chi connectivity index (χ1v) is 11.0. The summed E-state index contributed by atoms with van der Waals surface area (Å²) >= 11 is 0. The molecule has 0 spiro atoms. The number of amides is 4. The Balaban J connectivity index is 1.53. The number of ether oxygens (including phenoxy) is 1. The minimum atomic E-state index is -0.506. The predicted octanol–water partition coefficient (Wildman–Crippen LogP) is 2.61. The van der Waals surface area contributed by atoms with E-state index in [1.807, 2.05) is 49.4 Å². The lowest BCUT2D eigenvalue weighted by Gasteiger charge is -2.46. The van der Waals surface area contributed by atoms with E-state index >= 15 is 0 Å². The summed E-state index contributed by atoms with van der Waals surface area (Å²) in [4.78, 5) is 42.2. The number of carbonyl (C=O) groups is 3. The van der Waals surface area contributed by atoms with E-state index in [1.165, 1.54) is 9.80 Å². The van der Waals surface area contributed by atoms with Crippen molar-refractivity contribution in [2.24, 2.45) is 0 Å². The van der Waals surface area contributed by atoms with Crippen molar-refractivity contribution in [3.05, 3.63) is 60.2 Å². The van der Waals surface area contributed by atoms with Crippen LogP contribution >= 0.6 is 0 Å². The smallest absolute Gasteiger partial charge is 0.327 e. The molecule has 2 unspecified atom stereocenters. The molecule has 4 amide bonds. The van der Waals surface area contributed by atoms with Gasteiger partial charge in [-0.15, -0.1) is 0 Å². The van der Waals surface area contributed by atoms with Gasteiger partial charge in [0.15, 0.2) is 0 Å². The third-order valence-electron chi connectivity index (χ3n) is 5.79. The fourth-order valence-corrected chi connectivity index (χ4v) is 4.31. The van der Waals surface area contributed by atoms with Crippen LogP contribution in [0.3, 0.4) is 0 Å². The molecule has 2 aliphatic heterocycles. The summed E-state index contributed by atoms with van der Waals surface area (Å²) in [6.45, 7) is 3.10. The molecule has 168 valence electrons. The third kappa shape index (κ3) is 4.60. The van der Waals surface area contributed by atoms with Gasteiger partial charge in [-0.25, -0.2) is 4.79 Å². The van der Waals surface area contributed by atoms with Crippen molar-refractivity contribution < 1.29 is 19.1 Å². The molecule has 0 aliphatic carbocycles. The maximum atomic E-state index is 13.4. The number of nitrogens with one attached hydrogen (secondary N) is 2. The van der Waals surface area contributed by atoms with Gasteiger partial charge in [0.2, 0.25) is 11.8 Å². The number of hydrogen-bond donors (Lipinski definition) is 2. The number of hydrogen-bond acceptors (Lipinski definition) is 5. The van der Waals surface area contributed by atoms with Gasteiger partial charge in [0.25, 0.3) is 0 Å². The average Bonchev–Trinajstić information content (AvgIpc) is 2.81. The van der Waals surface area contributed by atoms with E-state index in [9.17, 15) is 14.4 Å². The van der Waals surface area contributed by atoms with Gasteiger partial charge in [-0.1, -0.05) is 42.5 Å². The Morgan fingerprint density at radius 1 is 1.12 bits per heavy atom. The zero-order valence-electron chi connectivity index (χ0n) is 18.1. The van der Waals surface area contributed by atoms with Crippen molar-refractivity contribution in [3.63, 3.8) is 0 Å². The molecule has 2 saturated heterocycles. The van der Waals surface area contributed by atoms with Crippen LogP contribution in [0.25, 0.3) is 0 Å². The minimum absolute atomic E-state index is 0.138. The van der Waals surface area contributed by atoms with Crippen LogP contribution in [0.15, 0.2) is 54.6 Å². The van der Waals surface area contributed by atoms with Gasteiger partial charge >= 0.3 is 6.03 Å². The van der Waals surface area contributed by atoms with E-state index in [2.05, 4.69) is 10.6 Å². The summed E-state index contributed by atoms with van der Waals surface area (Å²) < 4.78 is 5.57. The Morgan fingerprint density at radius 3 is 2.66 bits per heavy atom. The molecule has 8 nitrogen and oxygen atoms in total. The van der Waals surface area contributed by atoms with E-state index in [-0.39, 0.29) is 30.9 Å². The van der Waals surface area contributed by atoms with E-state index in [0.717, 1.165) is 12.0 Å².